The normalized spacial score (nSPS) is 11.6. The third kappa shape index (κ3) is 11.3. The summed E-state index contributed by atoms with van der Waals surface area (Å²) in [6.45, 7) is 3.47. The average Bonchev–Trinajstić information content (AvgIpc) is 2.96. The maximum Gasteiger partial charge on any atom is 0.215 e. The van der Waals surface area contributed by atoms with Gasteiger partial charge >= 0.3 is 0 Å². The minimum absolute atomic E-state index is 0.117. The van der Waals surface area contributed by atoms with Crippen molar-refractivity contribution in [3.8, 4) is 17.2 Å². The standard InChI is InChI=1S/C33H41BrO4/c1-2-3-4-5-6-7-8-9-10-14-25-36-29-21-23-30(24-22-29)37-26-27-17-19-31(20-18-27)38-33(34)32(35)28-15-12-11-13-16-28/h11-13,15-24,33H,2-10,14,25-26H2,1H3. The first-order chi connectivity index (χ1) is 18.7. The highest BCUT2D eigenvalue weighted by Gasteiger charge is 2.18. The summed E-state index contributed by atoms with van der Waals surface area (Å²) in [5.74, 6) is 2.17. The van der Waals surface area contributed by atoms with E-state index in [9.17, 15) is 4.79 Å². The predicted octanol–water partition coefficient (Wildman–Crippen LogP) is 9.55. The summed E-state index contributed by atoms with van der Waals surface area (Å²) in [7, 11) is 0. The van der Waals surface area contributed by atoms with Crippen molar-refractivity contribution < 1.29 is 19.0 Å². The smallest absolute Gasteiger partial charge is 0.215 e. The molecule has 0 N–H and O–H groups in total. The van der Waals surface area contributed by atoms with Crippen LogP contribution in [-0.4, -0.2) is 17.4 Å². The monoisotopic (exact) mass is 580 g/mol. The van der Waals surface area contributed by atoms with Crippen molar-refractivity contribution in [1.82, 2.24) is 0 Å². The van der Waals surface area contributed by atoms with Crippen LogP contribution in [0, 0.1) is 0 Å². The fourth-order valence-corrected chi connectivity index (χ4v) is 4.63. The Kier molecular flexibility index (Phi) is 13.8. The number of hydrogen-bond acceptors (Lipinski definition) is 4. The number of carbonyl (C=O) groups is 1. The molecule has 0 spiro atoms. The third-order valence-corrected chi connectivity index (χ3v) is 7.03. The van der Waals surface area contributed by atoms with Crippen LogP contribution < -0.4 is 14.2 Å². The summed E-state index contributed by atoms with van der Waals surface area (Å²) in [6, 6.07) is 24.5. The maximum absolute atomic E-state index is 12.5. The summed E-state index contributed by atoms with van der Waals surface area (Å²) in [4.78, 5) is 12.5. The Labute approximate surface area is 236 Å². The van der Waals surface area contributed by atoms with Crippen LogP contribution in [-0.2, 0) is 6.61 Å². The lowest BCUT2D eigenvalue weighted by Gasteiger charge is -2.13. The fraction of sp³-hybridized carbons (Fsp3) is 0.424. The largest absolute Gasteiger partial charge is 0.494 e. The van der Waals surface area contributed by atoms with Gasteiger partial charge < -0.3 is 14.2 Å². The molecule has 1 unspecified atom stereocenters. The van der Waals surface area contributed by atoms with E-state index in [1.54, 1.807) is 12.1 Å². The van der Waals surface area contributed by atoms with E-state index in [2.05, 4.69) is 22.9 Å². The number of halogens is 1. The van der Waals surface area contributed by atoms with Gasteiger partial charge in [-0.05, 0) is 64.3 Å². The summed E-state index contributed by atoms with van der Waals surface area (Å²) in [6.07, 6.45) is 13.2. The van der Waals surface area contributed by atoms with Gasteiger partial charge in [-0.25, -0.2) is 0 Å². The Morgan fingerprint density at radius 3 is 1.79 bits per heavy atom. The highest BCUT2D eigenvalue weighted by Crippen LogP contribution is 2.22. The van der Waals surface area contributed by atoms with E-state index in [4.69, 9.17) is 14.2 Å². The first-order valence-corrected chi connectivity index (χ1v) is 14.9. The second kappa shape index (κ2) is 17.7. The molecule has 0 aliphatic carbocycles. The number of benzene rings is 3. The molecule has 0 saturated carbocycles. The van der Waals surface area contributed by atoms with Gasteiger partial charge in [0.25, 0.3) is 0 Å². The molecule has 0 aliphatic rings. The summed E-state index contributed by atoms with van der Waals surface area (Å²) >= 11 is 3.34. The van der Waals surface area contributed by atoms with Crippen molar-refractivity contribution in [1.29, 1.82) is 0 Å². The number of ketones is 1. The SMILES string of the molecule is CCCCCCCCCCCCOc1ccc(OCc2ccc(OC(Br)C(=O)c3ccccc3)cc2)cc1. The molecule has 204 valence electrons. The van der Waals surface area contributed by atoms with Gasteiger partial charge in [0.2, 0.25) is 10.8 Å². The summed E-state index contributed by atoms with van der Waals surface area (Å²) < 4.78 is 17.6. The zero-order valence-electron chi connectivity index (χ0n) is 22.6. The number of Topliss-reactive ketones (excluding diaryl/α,β-unsaturated/α-hetero) is 1. The van der Waals surface area contributed by atoms with Crippen molar-refractivity contribution in [3.63, 3.8) is 0 Å². The number of hydrogen-bond donors (Lipinski definition) is 0. The van der Waals surface area contributed by atoms with Gasteiger partial charge in [-0.3, -0.25) is 4.79 Å². The average molecular weight is 582 g/mol. The van der Waals surface area contributed by atoms with Crippen LogP contribution in [0.15, 0.2) is 78.9 Å². The summed E-state index contributed by atoms with van der Waals surface area (Å²) in [5.41, 5.74) is 1.62. The Morgan fingerprint density at radius 1 is 0.658 bits per heavy atom. The summed E-state index contributed by atoms with van der Waals surface area (Å²) in [5, 5.41) is -0.738. The van der Waals surface area contributed by atoms with Gasteiger partial charge in [-0.2, -0.15) is 0 Å². The van der Waals surface area contributed by atoms with Crippen LogP contribution >= 0.6 is 15.9 Å². The molecule has 0 aliphatic heterocycles. The minimum Gasteiger partial charge on any atom is -0.494 e. The highest BCUT2D eigenvalue weighted by molar-refractivity contribution is 9.09. The van der Waals surface area contributed by atoms with E-state index >= 15 is 0 Å². The molecule has 38 heavy (non-hydrogen) atoms. The van der Waals surface area contributed by atoms with Crippen LogP contribution in [0.5, 0.6) is 17.2 Å². The Balaban J connectivity index is 1.28. The molecule has 4 nitrogen and oxygen atoms in total. The van der Waals surface area contributed by atoms with Crippen molar-refractivity contribution in [2.45, 2.75) is 82.8 Å². The minimum atomic E-state index is -0.738. The second-order valence-electron chi connectivity index (χ2n) is 9.60. The van der Waals surface area contributed by atoms with Crippen LogP contribution in [0.2, 0.25) is 0 Å². The van der Waals surface area contributed by atoms with E-state index in [0.717, 1.165) is 30.1 Å². The van der Waals surface area contributed by atoms with Crippen molar-refractivity contribution in [2.75, 3.05) is 6.61 Å². The van der Waals surface area contributed by atoms with Crippen LogP contribution in [0.25, 0.3) is 0 Å². The van der Waals surface area contributed by atoms with Crippen molar-refractivity contribution in [2.24, 2.45) is 0 Å². The van der Waals surface area contributed by atoms with Crippen LogP contribution in [0.1, 0.15) is 87.1 Å². The molecular formula is C33H41BrO4. The van der Waals surface area contributed by atoms with Gasteiger partial charge in [0.05, 0.1) is 6.61 Å². The Morgan fingerprint density at radius 2 is 1.18 bits per heavy atom. The number of carbonyl (C=O) groups excluding carboxylic acids is 1. The van der Waals surface area contributed by atoms with E-state index in [0.29, 0.717) is 17.9 Å². The van der Waals surface area contributed by atoms with Gasteiger partial charge in [-0.15, -0.1) is 0 Å². The highest BCUT2D eigenvalue weighted by atomic mass is 79.9. The lowest BCUT2D eigenvalue weighted by Crippen LogP contribution is -2.20. The molecule has 1 atom stereocenters. The van der Waals surface area contributed by atoms with E-state index in [1.807, 2.05) is 66.7 Å². The first kappa shape index (κ1) is 29.8. The predicted molar refractivity (Wildman–Crippen MR) is 159 cm³/mol. The van der Waals surface area contributed by atoms with Crippen molar-refractivity contribution in [3.05, 3.63) is 90.0 Å². The number of rotatable bonds is 19. The van der Waals surface area contributed by atoms with E-state index in [-0.39, 0.29) is 5.78 Å². The molecule has 0 amide bonds. The topological polar surface area (TPSA) is 44.8 Å². The van der Waals surface area contributed by atoms with Gasteiger partial charge in [0, 0.05) is 5.56 Å². The maximum atomic E-state index is 12.5. The molecular weight excluding hydrogens is 540 g/mol. The molecule has 0 fully saturated rings. The molecule has 0 bridgehead atoms. The molecule has 5 heteroatoms. The fourth-order valence-electron chi connectivity index (χ4n) is 4.15. The van der Waals surface area contributed by atoms with Gasteiger partial charge in [0.15, 0.2) is 0 Å². The number of ether oxygens (including phenoxy) is 3. The van der Waals surface area contributed by atoms with Crippen LogP contribution in [0.3, 0.4) is 0 Å². The zero-order chi connectivity index (χ0) is 26.8. The van der Waals surface area contributed by atoms with Gasteiger partial charge in [0.1, 0.15) is 23.9 Å². The lowest BCUT2D eigenvalue weighted by molar-refractivity contribution is 0.0897. The molecule has 0 aromatic heterocycles. The van der Waals surface area contributed by atoms with E-state index < -0.39 is 5.01 Å². The molecule has 0 heterocycles. The quantitative estimate of drug-likeness (QED) is 0.0804. The Hall–Kier alpha value is -2.79. The molecule has 3 aromatic rings. The zero-order valence-corrected chi connectivity index (χ0v) is 24.2. The van der Waals surface area contributed by atoms with Crippen molar-refractivity contribution >= 4 is 21.7 Å². The molecule has 0 saturated heterocycles. The first-order valence-electron chi connectivity index (χ1n) is 14.0. The third-order valence-electron chi connectivity index (χ3n) is 6.42. The number of unbranched alkanes of at least 4 members (excludes halogenated alkanes) is 9. The lowest BCUT2D eigenvalue weighted by atomic mass is 10.1. The van der Waals surface area contributed by atoms with Crippen LogP contribution in [0.4, 0.5) is 0 Å². The molecule has 3 rings (SSSR count). The molecule has 3 aromatic carbocycles. The number of alkyl halides is 1. The molecule has 0 radical (unpaired) electrons. The Bertz CT molecular complexity index is 1030. The van der Waals surface area contributed by atoms with Gasteiger partial charge in [-0.1, -0.05) is 107 Å². The van der Waals surface area contributed by atoms with E-state index in [1.165, 1.54) is 57.8 Å². The second-order valence-corrected chi connectivity index (χ2v) is 10.4.